The van der Waals surface area contributed by atoms with Crippen LogP contribution in [-0.2, 0) is 0 Å². The predicted octanol–water partition coefficient (Wildman–Crippen LogP) is 13.2. The summed E-state index contributed by atoms with van der Waals surface area (Å²) in [6.45, 7) is 2.24. The maximum Gasteiger partial charge on any atom is 0.161 e. The number of thiophene rings is 1. The smallest absolute Gasteiger partial charge is 0.161 e. The minimum atomic E-state index is 0.736. The second kappa shape index (κ2) is 12.7. The highest BCUT2D eigenvalue weighted by Crippen LogP contribution is 2.41. The third kappa shape index (κ3) is 5.48. The number of hydrogen-bond donors (Lipinski definition) is 0. The molecule has 0 saturated heterocycles. The van der Waals surface area contributed by atoms with Gasteiger partial charge in [-0.05, 0) is 87.3 Å². The molecule has 2 heterocycles. The highest BCUT2D eigenvalue weighted by molar-refractivity contribution is 7.25. The number of nitrogens with zero attached hydrogens (tertiary/aromatic N) is 2. The third-order valence-corrected chi connectivity index (χ3v) is 10.6. The Labute approximate surface area is 296 Å². The lowest BCUT2D eigenvalue weighted by Crippen LogP contribution is -1.94. The Morgan fingerprint density at radius 1 is 0.400 bits per heavy atom. The molecule has 0 spiro atoms. The zero-order valence-corrected chi connectivity index (χ0v) is 28.4. The van der Waals surface area contributed by atoms with E-state index in [1.54, 1.807) is 11.3 Å². The van der Waals surface area contributed by atoms with Crippen molar-refractivity contribution in [2.45, 2.75) is 6.92 Å². The molecule has 2 aromatic heterocycles. The van der Waals surface area contributed by atoms with Crippen molar-refractivity contribution < 1.29 is 0 Å². The Bertz CT molecular complexity index is 2640. The van der Waals surface area contributed by atoms with Crippen molar-refractivity contribution in [2.24, 2.45) is 0 Å². The monoisotopic (exact) mass is 656 g/mol. The fourth-order valence-corrected chi connectivity index (χ4v) is 8.07. The lowest BCUT2D eigenvalue weighted by molar-refractivity contribution is 1.24. The zero-order valence-electron chi connectivity index (χ0n) is 27.5. The van der Waals surface area contributed by atoms with Crippen molar-refractivity contribution in [1.29, 1.82) is 0 Å². The fraction of sp³-hybridized carbons (Fsp3) is 0.0213. The molecule has 2 nitrogen and oxygen atoms in total. The van der Waals surface area contributed by atoms with E-state index in [1.807, 2.05) is 6.07 Å². The largest absolute Gasteiger partial charge is 0.227 e. The Hall–Kier alpha value is -6.16. The van der Waals surface area contributed by atoms with Crippen LogP contribution in [0.4, 0.5) is 0 Å². The number of benzene rings is 7. The molecule has 9 aromatic rings. The molecule has 0 aliphatic rings. The fourth-order valence-electron chi connectivity index (χ4n) is 6.99. The van der Waals surface area contributed by atoms with Gasteiger partial charge in [0.2, 0.25) is 0 Å². The molecule has 3 heteroatoms. The second-order valence-electron chi connectivity index (χ2n) is 12.6. The van der Waals surface area contributed by atoms with Crippen LogP contribution < -0.4 is 0 Å². The Balaban J connectivity index is 1.16. The summed E-state index contributed by atoms with van der Waals surface area (Å²) >= 11 is 1.73. The van der Waals surface area contributed by atoms with Crippen LogP contribution in [0.3, 0.4) is 0 Å². The van der Waals surface area contributed by atoms with E-state index in [0.717, 1.165) is 44.0 Å². The molecule has 0 bridgehead atoms. The highest BCUT2D eigenvalue weighted by Gasteiger charge is 2.17. The van der Waals surface area contributed by atoms with Gasteiger partial charge in [0, 0.05) is 26.6 Å². The normalized spacial score (nSPS) is 11.3. The van der Waals surface area contributed by atoms with Gasteiger partial charge in [-0.15, -0.1) is 11.3 Å². The summed E-state index contributed by atoms with van der Waals surface area (Å²) in [6.07, 6.45) is 0. The molecule has 0 aliphatic carbocycles. The van der Waals surface area contributed by atoms with E-state index >= 15 is 0 Å². The predicted molar refractivity (Wildman–Crippen MR) is 212 cm³/mol. The first-order valence-electron chi connectivity index (χ1n) is 16.9. The first kappa shape index (κ1) is 29.9. The second-order valence-corrected chi connectivity index (χ2v) is 13.7. The van der Waals surface area contributed by atoms with E-state index in [2.05, 4.69) is 177 Å². The van der Waals surface area contributed by atoms with Gasteiger partial charge >= 0.3 is 0 Å². The molecule has 9 rings (SSSR count). The summed E-state index contributed by atoms with van der Waals surface area (Å²) in [6, 6.07) is 62.6. The Morgan fingerprint density at radius 2 is 0.920 bits per heavy atom. The summed E-state index contributed by atoms with van der Waals surface area (Å²) in [5.41, 5.74) is 13.9. The number of fused-ring (bicyclic) bond motifs is 3. The SMILES string of the molecule is Cc1c(-c2ccccc2)cc(-c2ccccc2)cc1-c1cccc(-c2cccc(-c3nc(-c4ccccc4)c4c(n3)sc3ccccc34)c2)c1. The topological polar surface area (TPSA) is 25.8 Å². The van der Waals surface area contributed by atoms with Crippen molar-refractivity contribution in [1.82, 2.24) is 9.97 Å². The number of rotatable bonds is 6. The first-order valence-corrected chi connectivity index (χ1v) is 17.7. The van der Waals surface area contributed by atoms with Crippen LogP contribution in [0.5, 0.6) is 0 Å². The van der Waals surface area contributed by atoms with Crippen molar-refractivity contribution in [2.75, 3.05) is 0 Å². The lowest BCUT2D eigenvalue weighted by Gasteiger charge is -2.17. The van der Waals surface area contributed by atoms with Crippen LogP contribution in [0.15, 0.2) is 176 Å². The van der Waals surface area contributed by atoms with Crippen LogP contribution in [-0.4, -0.2) is 9.97 Å². The molecule has 50 heavy (non-hydrogen) atoms. The summed E-state index contributed by atoms with van der Waals surface area (Å²) < 4.78 is 1.22. The van der Waals surface area contributed by atoms with Gasteiger partial charge in [0.1, 0.15) is 4.83 Å². The summed E-state index contributed by atoms with van der Waals surface area (Å²) in [4.78, 5) is 11.4. The molecule has 0 saturated carbocycles. The average molecular weight is 657 g/mol. The summed E-state index contributed by atoms with van der Waals surface area (Å²) in [5.74, 6) is 0.736. The molecule has 0 fully saturated rings. The van der Waals surface area contributed by atoms with Crippen LogP contribution in [0, 0.1) is 6.92 Å². The first-order chi connectivity index (χ1) is 24.7. The van der Waals surface area contributed by atoms with Crippen molar-refractivity contribution in [3.63, 3.8) is 0 Å². The van der Waals surface area contributed by atoms with Gasteiger partial charge in [-0.3, -0.25) is 0 Å². The zero-order chi connectivity index (χ0) is 33.4. The van der Waals surface area contributed by atoms with Gasteiger partial charge < -0.3 is 0 Å². The molecule has 0 N–H and O–H groups in total. The minimum absolute atomic E-state index is 0.736. The highest BCUT2D eigenvalue weighted by atomic mass is 32.1. The molecular weight excluding hydrogens is 625 g/mol. The van der Waals surface area contributed by atoms with Crippen molar-refractivity contribution in [3.8, 4) is 67.2 Å². The standard InChI is InChI=1S/C47H32N2S/c1-31-41(33-17-7-3-8-18-33)29-39(32-15-5-2-6-16-32)30-42(31)37-23-13-21-35(27-37)36-22-14-24-38(28-36)46-48-45(34-19-9-4-10-20-34)44-40-25-11-12-26-43(40)50-47(44)49-46/h2-30H,1H3. The van der Waals surface area contributed by atoms with Gasteiger partial charge in [0.05, 0.1) is 5.69 Å². The average Bonchev–Trinajstić information content (AvgIpc) is 3.57. The van der Waals surface area contributed by atoms with E-state index in [1.165, 1.54) is 49.0 Å². The van der Waals surface area contributed by atoms with Gasteiger partial charge in [0.25, 0.3) is 0 Å². The number of hydrogen-bond acceptors (Lipinski definition) is 3. The van der Waals surface area contributed by atoms with Crippen LogP contribution in [0.25, 0.3) is 87.5 Å². The molecule has 236 valence electrons. The molecule has 0 unspecified atom stereocenters. The Kier molecular flexibility index (Phi) is 7.61. The molecule has 0 amide bonds. The Morgan fingerprint density at radius 3 is 1.62 bits per heavy atom. The maximum absolute atomic E-state index is 5.25. The lowest BCUT2D eigenvalue weighted by atomic mass is 9.88. The van der Waals surface area contributed by atoms with Crippen LogP contribution >= 0.6 is 11.3 Å². The molecule has 0 aliphatic heterocycles. The van der Waals surface area contributed by atoms with Crippen LogP contribution in [0.1, 0.15) is 5.56 Å². The maximum atomic E-state index is 5.25. The van der Waals surface area contributed by atoms with E-state index in [9.17, 15) is 0 Å². The van der Waals surface area contributed by atoms with Crippen LogP contribution in [0.2, 0.25) is 0 Å². The third-order valence-electron chi connectivity index (χ3n) is 9.51. The number of aromatic nitrogens is 2. The van der Waals surface area contributed by atoms with Gasteiger partial charge in [-0.25, -0.2) is 9.97 Å². The van der Waals surface area contributed by atoms with Crippen molar-refractivity contribution >= 4 is 31.6 Å². The van der Waals surface area contributed by atoms with E-state index in [4.69, 9.17) is 9.97 Å². The minimum Gasteiger partial charge on any atom is -0.227 e. The molecule has 7 aromatic carbocycles. The van der Waals surface area contributed by atoms with Gasteiger partial charge in [-0.1, -0.05) is 146 Å². The molecule has 0 radical (unpaired) electrons. The summed E-state index contributed by atoms with van der Waals surface area (Å²) in [5, 5.41) is 2.32. The van der Waals surface area contributed by atoms with E-state index in [0.29, 0.717) is 0 Å². The van der Waals surface area contributed by atoms with Gasteiger partial charge in [-0.2, -0.15) is 0 Å². The molecule has 0 atom stereocenters. The van der Waals surface area contributed by atoms with Gasteiger partial charge in [0.15, 0.2) is 5.82 Å². The van der Waals surface area contributed by atoms with E-state index in [-0.39, 0.29) is 0 Å². The summed E-state index contributed by atoms with van der Waals surface area (Å²) in [7, 11) is 0. The van der Waals surface area contributed by atoms with Crippen molar-refractivity contribution in [3.05, 3.63) is 181 Å². The van der Waals surface area contributed by atoms with E-state index < -0.39 is 0 Å². The quantitative estimate of drug-likeness (QED) is 0.178. The molecular formula is C47H32N2S.